The van der Waals surface area contributed by atoms with Crippen LogP contribution in [0.15, 0.2) is 54.7 Å². The minimum absolute atomic E-state index is 0.0515. The first-order chi connectivity index (χ1) is 12.4. The molecule has 1 aliphatic heterocycles. The van der Waals surface area contributed by atoms with Gasteiger partial charge in [0, 0.05) is 25.3 Å². The predicted molar refractivity (Wildman–Crippen MR) is 101 cm³/mol. The first-order valence-electron chi connectivity index (χ1n) is 8.67. The van der Waals surface area contributed by atoms with E-state index in [1.165, 1.54) is 0 Å². The van der Waals surface area contributed by atoms with Gasteiger partial charge in [-0.05, 0) is 54.7 Å². The number of hydrogen-bond acceptors (Lipinski definition) is 3. The topological polar surface area (TPSA) is 54.2 Å². The molecule has 0 saturated heterocycles. The van der Waals surface area contributed by atoms with Crippen molar-refractivity contribution >= 4 is 24.0 Å². The molecular formula is C20H21BN2O3. The molecule has 3 aromatic rings. The number of nitrogens with zero attached hydrogens (tertiary/aromatic N) is 2. The van der Waals surface area contributed by atoms with Gasteiger partial charge in [0.05, 0.1) is 5.60 Å². The Bertz CT molecular complexity index is 996. The zero-order valence-electron chi connectivity index (χ0n) is 15.1. The number of carbonyl (C=O) groups excluding carboxylic acids is 1. The molecule has 0 fully saturated rings. The molecule has 6 heteroatoms. The van der Waals surface area contributed by atoms with Crippen LogP contribution in [0.3, 0.4) is 0 Å². The second-order valence-corrected chi connectivity index (χ2v) is 7.28. The minimum Gasteiger partial charge on any atom is -0.423 e. The van der Waals surface area contributed by atoms with Gasteiger partial charge >= 0.3 is 7.12 Å². The van der Waals surface area contributed by atoms with Gasteiger partial charge in [0.2, 0.25) is 0 Å². The van der Waals surface area contributed by atoms with Gasteiger partial charge < -0.3 is 19.0 Å². The Balaban J connectivity index is 1.59. The first-order valence-corrected chi connectivity index (χ1v) is 8.67. The number of fused-ring (bicyclic) bond motifs is 2. The van der Waals surface area contributed by atoms with Crippen LogP contribution in [-0.4, -0.2) is 34.4 Å². The Morgan fingerprint density at radius 2 is 2.00 bits per heavy atom. The standard InChI is InChI=1S/C20H21BN2O3/c1-20(2)16-10-9-14(12-17(16)21(25)26-20)13-22(3)19(24)18-8-4-6-15-7-5-11-23(15)18/h4-12,25H,13H2,1-3H3. The molecule has 4 rings (SSSR count). The molecule has 0 spiro atoms. The Morgan fingerprint density at radius 3 is 2.81 bits per heavy atom. The fourth-order valence-corrected chi connectivity index (χ4v) is 3.65. The van der Waals surface area contributed by atoms with Gasteiger partial charge in [0.25, 0.3) is 5.91 Å². The number of amides is 1. The van der Waals surface area contributed by atoms with Crippen LogP contribution in [-0.2, 0) is 16.8 Å². The summed E-state index contributed by atoms with van der Waals surface area (Å²) in [4.78, 5) is 14.6. The smallest absolute Gasteiger partial charge is 0.423 e. The largest absolute Gasteiger partial charge is 0.492 e. The minimum atomic E-state index is -0.922. The average molecular weight is 348 g/mol. The third-order valence-corrected chi connectivity index (χ3v) is 4.98. The molecule has 0 atom stereocenters. The van der Waals surface area contributed by atoms with Crippen molar-refractivity contribution in [3.63, 3.8) is 0 Å². The molecule has 0 bridgehead atoms. The summed E-state index contributed by atoms with van der Waals surface area (Å²) < 4.78 is 7.50. The van der Waals surface area contributed by atoms with Gasteiger partial charge in [0.15, 0.2) is 0 Å². The van der Waals surface area contributed by atoms with E-state index in [0.29, 0.717) is 12.2 Å². The summed E-state index contributed by atoms with van der Waals surface area (Å²) in [7, 11) is 0.865. The molecule has 1 aromatic carbocycles. The summed E-state index contributed by atoms with van der Waals surface area (Å²) in [5.74, 6) is -0.0515. The Kier molecular flexibility index (Phi) is 3.90. The van der Waals surface area contributed by atoms with E-state index < -0.39 is 12.7 Å². The molecule has 132 valence electrons. The molecule has 0 unspecified atom stereocenters. The van der Waals surface area contributed by atoms with Gasteiger partial charge in [0.1, 0.15) is 5.69 Å². The third kappa shape index (κ3) is 2.71. The number of rotatable bonds is 3. The monoisotopic (exact) mass is 348 g/mol. The maximum absolute atomic E-state index is 12.9. The molecule has 0 saturated carbocycles. The van der Waals surface area contributed by atoms with Gasteiger partial charge in [-0.2, -0.15) is 0 Å². The summed E-state index contributed by atoms with van der Waals surface area (Å²) in [6.45, 7) is 4.33. The van der Waals surface area contributed by atoms with Crippen LogP contribution in [0.4, 0.5) is 0 Å². The normalized spacial score (nSPS) is 15.3. The van der Waals surface area contributed by atoms with E-state index in [2.05, 4.69) is 0 Å². The molecule has 0 aliphatic carbocycles. The van der Waals surface area contributed by atoms with Crippen molar-refractivity contribution in [3.8, 4) is 0 Å². The summed E-state index contributed by atoms with van der Waals surface area (Å²) >= 11 is 0. The summed E-state index contributed by atoms with van der Waals surface area (Å²) in [5.41, 5.74) is 3.84. The van der Waals surface area contributed by atoms with Crippen LogP contribution >= 0.6 is 0 Å². The van der Waals surface area contributed by atoms with Crippen molar-refractivity contribution < 1.29 is 14.5 Å². The van der Waals surface area contributed by atoms with E-state index in [1.807, 2.05) is 73.0 Å². The van der Waals surface area contributed by atoms with E-state index in [1.54, 1.807) is 11.9 Å². The molecule has 1 amide bonds. The van der Waals surface area contributed by atoms with Crippen molar-refractivity contribution in [1.82, 2.24) is 9.30 Å². The van der Waals surface area contributed by atoms with E-state index in [-0.39, 0.29) is 5.91 Å². The van der Waals surface area contributed by atoms with Gasteiger partial charge in [-0.3, -0.25) is 4.79 Å². The molecule has 0 radical (unpaired) electrons. The number of hydrogen-bond donors (Lipinski definition) is 1. The highest BCUT2D eigenvalue weighted by Gasteiger charge is 2.40. The molecular weight excluding hydrogens is 327 g/mol. The second kappa shape index (κ2) is 6.00. The lowest BCUT2D eigenvalue weighted by molar-refractivity contribution is 0.0777. The van der Waals surface area contributed by atoms with Crippen LogP contribution in [0.2, 0.25) is 0 Å². The zero-order chi connectivity index (χ0) is 18.5. The highest BCUT2D eigenvalue weighted by atomic mass is 16.5. The SMILES string of the molecule is CN(Cc1ccc2c(c1)B(O)OC2(C)C)C(=O)c1cccc2cccn12. The highest BCUT2D eigenvalue weighted by molar-refractivity contribution is 6.62. The van der Waals surface area contributed by atoms with Crippen molar-refractivity contribution in [2.75, 3.05) is 7.05 Å². The maximum atomic E-state index is 12.9. The number of pyridine rings is 1. The lowest BCUT2D eigenvalue weighted by atomic mass is 9.77. The lowest BCUT2D eigenvalue weighted by Gasteiger charge is -2.21. The first kappa shape index (κ1) is 16.9. The van der Waals surface area contributed by atoms with E-state index in [9.17, 15) is 9.82 Å². The van der Waals surface area contributed by atoms with E-state index in [0.717, 1.165) is 22.1 Å². The van der Waals surface area contributed by atoms with Gasteiger partial charge in [-0.1, -0.05) is 24.3 Å². The maximum Gasteiger partial charge on any atom is 0.492 e. The molecule has 1 aliphatic rings. The van der Waals surface area contributed by atoms with Crippen molar-refractivity contribution in [2.45, 2.75) is 26.0 Å². The quantitative estimate of drug-likeness (QED) is 0.738. The van der Waals surface area contributed by atoms with Crippen molar-refractivity contribution in [3.05, 3.63) is 71.5 Å². The molecule has 1 N–H and O–H groups in total. The summed E-state index contributed by atoms with van der Waals surface area (Å²) in [6.07, 6.45) is 1.89. The summed E-state index contributed by atoms with van der Waals surface area (Å²) in [5, 5.41) is 10.2. The van der Waals surface area contributed by atoms with Gasteiger partial charge in [-0.15, -0.1) is 0 Å². The fraction of sp³-hybridized carbons (Fsp3) is 0.250. The zero-order valence-corrected chi connectivity index (χ0v) is 15.1. The van der Waals surface area contributed by atoms with Crippen molar-refractivity contribution in [1.29, 1.82) is 0 Å². The summed E-state index contributed by atoms with van der Waals surface area (Å²) in [6, 6.07) is 15.5. The van der Waals surface area contributed by atoms with E-state index >= 15 is 0 Å². The molecule has 5 nitrogen and oxygen atoms in total. The van der Waals surface area contributed by atoms with Crippen LogP contribution in [0.5, 0.6) is 0 Å². The van der Waals surface area contributed by atoms with Crippen LogP contribution in [0, 0.1) is 0 Å². The highest BCUT2D eigenvalue weighted by Crippen LogP contribution is 2.30. The van der Waals surface area contributed by atoms with Gasteiger partial charge in [-0.25, -0.2) is 0 Å². The number of aromatic nitrogens is 1. The molecule has 2 aromatic heterocycles. The van der Waals surface area contributed by atoms with Crippen LogP contribution < -0.4 is 5.46 Å². The van der Waals surface area contributed by atoms with E-state index in [4.69, 9.17) is 4.65 Å². The van der Waals surface area contributed by atoms with Crippen LogP contribution in [0.25, 0.3) is 5.52 Å². The third-order valence-electron chi connectivity index (χ3n) is 4.98. The van der Waals surface area contributed by atoms with Crippen molar-refractivity contribution in [2.24, 2.45) is 0 Å². The second-order valence-electron chi connectivity index (χ2n) is 7.28. The molecule has 3 heterocycles. The predicted octanol–water partition coefficient (Wildman–Crippen LogP) is 2.16. The lowest BCUT2D eigenvalue weighted by Crippen LogP contribution is -2.31. The van der Waals surface area contributed by atoms with Crippen LogP contribution in [0.1, 0.15) is 35.5 Å². The number of carbonyl (C=O) groups is 1. The Labute approximate surface area is 153 Å². The molecule has 26 heavy (non-hydrogen) atoms. The number of benzene rings is 1. The average Bonchev–Trinajstić information content (AvgIpc) is 3.16. The Hall–Kier alpha value is -2.57. The fourth-order valence-electron chi connectivity index (χ4n) is 3.65. The Morgan fingerprint density at radius 1 is 1.23 bits per heavy atom.